The van der Waals surface area contributed by atoms with E-state index >= 15 is 0 Å². The fraction of sp³-hybridized carbons (Fsp3) is 0.208. The number of aromatic nitrogens is 1. The van der Waals surface area contributed by atoms with Crippen molar-refractivity contribution in [2.45, 2.75) is 32.9 Å². The van der Waals surface area contributed by atoms with Crippen molar-refractivity contribution in [1.29, 1.82) is 0 Å². The Morgan fingerprint density at radius 3 is 2.50 bits per heavy atom. The van der Waals surface area contributed by atoms with Gasteiger partial charge in [-0.1, -0.05) is 30.3 Å². The number of halogens is 2. The van der Waals surface area contributed by atoms with Crippen LogP contribution in [-0.4, -0.2) is 16.1 Å². The van der Waals surface area contributed by atoms with Crippen LogP contribution in [0, 0.1) is 11.6 Å². The summed E-state index contributed by atoms with van der Waals surface area (Å²) < 4.78 is 35.5. The molecule has 30 heavy (non-hydrogen) atoms. The van der Waals surface area contributed by atoms with Crippen molar-refractivity contribution in [3.05, 3.63) is 82.6 Å². The van der Waals surface area contributed by atoms with Gasteiger partial charge < -0.3 is 15.0 Å². The van der Waals surface area contributed by atoms with Crippen LogP contribution in [0.4, 0.5) is 8.78 Å². The lowest BCUT2D eigenvalue weighted by molar-refractivity contribution is -0.149. The topological polar surface area (TPSA) is 57.2 Å². The van der Waals surface area contributed by atoms with Crippen LogP contribution in [0.25, 0.3) is 22.7 Å². The second-order valence-corrected chi connectivity index (χ2v) is 8.28. The van der Waals surface area contributed by atoms with E-state index in [0.29, 0.717) is 16.8 Å². The van der Waals surface area contributed by atoms with Crippen molar-refractivity contribution < 1.29 is 18.3 Å². The van der Waals surface area contributed by atoms with Crippen LogP contribution in [0.5, 0.6) is 0 Å². The second kappa shape index (κ2) is 7.13. The highest BCUT2D eigenvalue weighted by Gasteiger charge is 2.31. The summed E-state index contributed by atoms with van der Waals surface area (Å²) in [6, 6.07) is 13.6. The van der Waals surface area contributed by atoms with Gasteiger partial charge in [-0.25, -0.2) is 13.6 Å². The van der Waals surface area contributed by atoms with Gasteiger partial charge in [-0.05, 0) is 56.2 Å². The van der Waals surface area contributed by atoms with Gasteiger partial charge in [0, 0.05) is 11.9 Å². The largest absolute Gasteiger partial charge is 0.456 e. The first-order chi connectivity index (χ1) is 14.2. The predicted molar refractivity (Wildman–Crippen MR) is 113 cm³/mol. The summed E-state index contributed by atoms with van der Waals surface area (Å²) in [4.78, 5) is 13.0. The van der Waals surface area contributed by atoms with Gasteiger partial charge in [0.25, 0.3) is 0 Å². The van der Waals surface area contributed by atoms with Crippen LogP contribution in [0.2, 0.25) is 0 Å². The number of rotatable bonds is 2. The molecule has 154 valence electrons. The molecule has 0 radical (unpaired) electrons. The van der Waals surface area contributed by atoms with Crippen LogP contribution < -0.4 is 5.73 Å². The number of hydrogen-bond acceptors (Lipinski definition) is 3. The number of benzene rings is 2. The van der Waals surface area contributed by atoms with Gasteiger partial charge in [0.05, 0.1) is 22.5 Å². The first-order valence-electron chi connectivity index (χ1n) is 9.62. The van der Waals surface area contributed by atoms with Gasteiger partial charge >= 0.3 is 5.97 Å². The Hall–Kier alpha value is -3.41. The number of esters is 1. The summed E-state index contributed by atoms with van der Waals surface area (Å²) in [5.41, 5.74) is 8.61. The van der Waals surface area contributed by atoms with E-state index in [-0.39, 0.29) is 23.2 Å². The third kappa shape index (κ3) is 3.49. The minimum absolute atomic E-state index is 0.123. The zero-order chi connectivity index (χ0) is 21.6. The first kappa shape index (κ1) is 19.9. The molecular weight excluding hydrogens is 386 g/mol. The van der Waals surface area contributed by atoms with Crippen LogP contribution in [-0.2, 0) is 16.1 Å². The van der Waals surface area contributed by atoms with Crippen LogP contribution in [0.15, 0.2) is 59.7 Å². The zero-order valence-electron chi connectivity index (χ0n) is 17.0. The molecule has 0 aliphatic carbocycles. The van der Waals surface area contributed by atoms with E-state index in [1.807, 2.05) is 36.4 Å². The van der Waals surface area contributed by atoms with Gasteiger partial charge in [0.1, 0.15) is 5.60 Å². The monoisotopic (exact) mass is 408 g/mol. The van der Waals surface area contributed by atoms with E-state index in [1.165, 1.54) is 12.1 Å². The summed E-state index contributed by atoms with van der Waals surface area (Å²) in [7, 11) is 0. The third-order valence-electron chi connectivity index (χ3n) is 4.91. The molecule has 2 N–H and O–H groups in total. The van der Waals surface area contributed by atoms with Crippen LogP contribution in [0.3, 0.4) is 0 Å². The Kier molecular flexibility index (Phi) is 4.73. The fourth-order valence-corrected chi connectivity index (χ4v) is 3.66. The molecule has 0 amide bonds. The van der Waals surface area contributed by atoms with Crippen molar-refractivity contribution in [3.8, 4) is 0 Å². The van der Waals surface area contributed by atoms with Gasteiger partial charge in [-0.3, -0.25) is 0 Å². The lowest BCUT2D eigenvalue weighted by Gasteiger charge is -2.26. The maximum absolute atomic E-state index is 14.4. The number of carbonyl (C=O) groups is 1. The van der Waals surface area contributed by atoms with E-state index < -0.39 is 23.2 Å². The lowest BCUT2D eigenvalue weighted by atomic mass is 9.96. The maximum atomic E-state index is 14.4. The molecular formula is C24H22F2N2O2. The van der Waals surface area contributed by atoms with Crippen molar-refractivity contribution in [2.75, 3.05) is 0 Å². The maximum Gasteiger partial charge on any atom is 0.341 e. The number of nitrogens with two attached hydrogens (primary N) is 1. The summed E-state index contributed by atoms with van der Waals surface area (Å²) in [5, 5.41) is 0.123. The molecule has 0 bridgehead atoms. The zero-order valence-corrected chi connectivity index (χ0v) is 17.0. The van der Waals surface area contributed by atoms with Gasteiger partial charge in [0.15, 0.2) is 11.6 Å². The number of fused-ring (bicyclic) bond motifs is 3. The van der Waals surface area contributed by atoms with E-state index in [4.69, 9.17) is 10.5 Å². The van der Waals surface area contributed by atoms with E-state index in [2.05, 4.69) is 0 Å². The van der Waals surface area contributed by atoms with Crippen molar-refractivity contribution in [3.63, 3.8) is 0 Å². The standard InChI is InChI=1S/C24H22F2N2O2/c1-24(2,3)30-23(29)20-15(11-14-7-5-4-6-8-14)13-28-18-10-9-17(25)21(26)16(18)12-19(28)22(20)27/h4-12H,13,27H2,1-3H3/b15-11+. The molecule has 0 spiro atoms. The number of ether oxygens (including phenoxy) is 1. The molecule has 4 rings (SSSR count). The molecule has 1 aromatic heterocycles. The van der Waals surface area contributed by atoms with Gasteiger partial charge in [0.2, 0.25) is 0 Å². The lowest BCUT2D eigenvalue weighted by Crippen LogP contribution is -2.29. The molecule has 0 saturated carbocycles. The number of carbonyl (C=O) groups excluding carboxylic acids is 1. The molecule has 6 heteroatoms. The average Bonchev–Trinajstić information content (AvgIpc) is 3.04. The smallest absolute Gasteiger partial charge is 0.341 e. The highest BCUT2D eigenvalue weighted by atomic mass is 19.2. The molecule has 3 aromatic rings. The first-order valence-corrected chi connectivity index (χ1v) is 9.62. The van der Waals surface area contributed by atoms with Crippen molar-refractivity contribution in [2.24, 2.45) is 5.73 Å². The van der Waals surface area contributed by atoms with E-state index in [0.717, 1.165) is 11.6 Å². The Labute approximate surface area is 173 Å². The average molecular weight is 408 g/mol. The quantitative estimate of drug-likeness (QED) is 0.605. The molecule has 1 aliphatic rings. The highest BCUT2D eigenvalue weighted by Crippen LogP contribution is 2.36. The molecule has 2 heterocycles. The van der Waals surface area contributed by atoms with E-state index in [1.54, 1.807) is 25.3 Å². The molecule has 0 atom stereocenters. The minimum atomic E-state index is -0.936. The Morgan fingerprint density at radius 2 is 1.83 bits per heavy atom. The fourth-order valence-electron chi connectivity index (χ4n) is 3.66. The number of nitrogens with zero attached hydrogens (tertiary/aromatic N) is 1. The SMILES string of the molecule is CC(C)(C)OC(=O)C1=C(N)c2cc3c(F)c(F)ccc3n2C/C1=C\c1ccccc1. The Morgan fingerprint density at radius 1 is 1.13 bits per heavy atom. The Balaban J connectivity index is 1.94. The summed E-state index contributed by atoms with van der Waals surface area (Å²) in [6.45, 7) is 5.61. The van der Waals surface area contributed by atoms with Crippen LogP contribution in [0.1, 0.15) is 32.0 Å². The van der Waals surface area contributed by atoms with Gasteiger partial charge in [-0.2, -0.15) is 0 Å². The second-order valence-electron chi connectivity index (χ2n) is 8.28. The predicted octanol–water partition coefficient (Wildman–Crippen LogP) is 5.03. The van der Waals surface area contributed by atoms with Crippen molar-refractivity contribution in [1.82, 2.24) is 4.57 Å². The normalized spacial score (nSPS) is 15.6. The van der Waals surface area contributed by atoms with E-state index in [9.17, 15) is 13.6 Å². The van der Waals surface area contributed by atoms with Crippen LogP contribution >= 0.6 is 0 Å². The third-order valence-corrected chi connectivity index (χ3v) is 4.91. The summed E-state index contributed by atoms with van der Waals surface area (Å²) >= 11 is 0. The molecule has 0 unspecified atom stereocenters. The summed E-state index contributed by atoms with van der Waals surface area (Å²) in [5.74, 6) is -2.42. The molecule has 1 aliphatic heterocycles. The molecule has 0 fully saturated rings. The Bertz CT molecular complexity index is 1220. The van der Waals surface area contributed by atoms with Gasteiger partial charge in [-0.15, -0.1) is 0 Å². The minimum Gasteiger partial charge on any atom is -0.456 e. The summed E-state index contributed by atoms with van der Waals surface area (Å²) in [6.07, 6.45) is 1.86. The molecule has 2 aromatic carbocycles. The molecule has 4 nitrogen and oxygen atoms in total. The van der Waals surface area contributed by atoms with Crippen molar-refractivity contribution >= 4 is 28.6 Å². The highest BCUT2D eigenvalue weighted by molar-refractivity contribution is 6.05. The molecule has 0 saturated heterocycles. The number of hydrogen-bond donors (Lipinski definition) is 1.